The quantitative estimate of drug-likeness (QED) is 0.909. The van der Waals surface area contributed by atoms with Crippen LogP contribution < -0.4 is 5.32 Å². The van der Waals surface area contributed by atoms with E-state index in [-0.39, 0.29) is 17.9 Å². The fraction of sp³-hybridized carbons (Fsp3) is 0.526. The highest BCUT2D eigenvalue weighted by molar-refractivity contribution is 7.18. The molecule has 0 saturated carbocycles. The molecule has 3 rings (SSSR count). The first-order chi connectivity index (χ1) is 11.9. The van der Waals surface area contributed by atoms with Crippen LogP contribution in [0.15, 0.2) is 24.3 Å². The lowest BCUT2D eigenvalue weighted by Crippen LogP contribution is -2.38. The number of amides is 2. The highest BCUT2D eigenvalue weighted by Crippen LogP contribution is 2.36. The van der Waals surface area contributed by atoms with E-state index in [4.69, 9.17) is 4.98 Å². The molecule has 25 heavy (non-hydrogen) atoms. The van der Waals surface area contributed by atoms with E-state index in [1.54, 1.807) is 11.3 Å². The number of benzene rings is 1. The first kappa shape index (κ1) is 17.9. The number of carbonyl (C=O) groups excluding carboxylic acids is 2. The maximum Gasteiger partial charge on any atom is 0.225 e. The minimum atomic E-state index is -0.430. The molecule has 1 unspecified atom stereocenters. The Morgan fingerprint density at radius 3 is 2.80 bits per heavy atom. The van der Waals surface area contributed by atoms with E-state index in [2.05, 4.69) is 11.4 Å². The van der Waals surface area contributed by atoms with E-state index in [0.717, 1.165) is 34.6 Å². The molecule has 2 heterocycles. The van der Waals surface area contributed by atoms with Crippen LogP contribution in [0.25, 0.3) is 10.2 Å². The molecule has 1 atom stereocenters. The molecule has 134 valence electrons. The predicted molar refractivity (Wildman–Crippen MR) is 100 cm³/mol. The van der Waals surface area contributed by atoms with Gasteiger partial charge in [0.2, 0.25) is 11.8 Å². The Morgan fingerprint density at radius 2 is 2.08 bits per heavy atom. The molecule has 1 aliphatic rings. The summed E-state index contributed by atoms with van der Waals surface area (Å²) in [6.07, 6.45) is 2.30. The second kappa shape index (κ2) is 7.12. The van der Waals surface area contributed by atoms with Crippen LogP contribution in [0.2, 0.25) is 0 Å². The van der Waals surface area contributed by atoms with Crippen molar-refractivity contribution in [3.63, 3.8) is 0 Å². The van der Waals surface area contributed by atoms with Crippen molar-refractivity contribution in [2.75, 3.05) is 13.1 Å². The molecule has 0 radical (unpaired) electrons. The van der Waals surface area contributed by atoms with Crippen LogP contribution >= 0.6 is 11.3 Å². The predicted octanol–water partition coefficient (Wildman–Crippen LogP) is 3.51. The molecule has 5 nitrogen and oxygen atoms in total. The third kappa shape index (κ3) is 4.00. The molecular formula is C19H25N3O2S. The van der Waals surface area contributed by atoms with Gasteiger partial charge in [-0.3, -0.25) is 9.59 Å². The molecule has 1 aliphatic heterocycles. The van der Waals surface area contributed by atoms with Crippen LogP contribution in [0.3, 0.4) is 0 Å². The number of fused-ring (bicyclic) bond motifs is 1. The zero-order valence-corrected chi connectivity index (χ0v) is 15.9. The van der Waals surface area contributed by atoms with Crippen molar-refractivity contribution < 1.29 is 9.59 Å². The molecule has 1 N–H and O–H groups in total. The van der Waals surface area contributed by atoms with Crippen molar-refractivity contribution in [3.05, 3.63) is 29.3 Å². The topological polar surface area (TPSA) is 62.3 Å². The van der Waals surface area contributed by atoms with Gasteiger partial charge in [0.1, 0.15) is 5.01 Å². The smallest absolute Gasteiger partial charge is 0.225 e. The van der Waals surface area contributed by atoms with Crippen molar-refractivity contribution >= 4 is 33.4 Å². The van der Waals surface area contributed by atoms with Gasteiger partial charge in [-0.25, -0.2) is 4.98 Å². The van der Waals surface area contributed by atoms with E-state index in [9.17, 15) is 9.59 Å². The van der Waals surface area contributed by atoms with Crippen molar-refractivity contribution in [1.82, 2.24) is 15.2 Å². The largest absolute Gasteiger partial charge is 0.355 e. The van der Waals surface area contributed by atoms with Gasteiger partial charge in [-0.1, -0.05) is 32.9 Å². The number of hydrogen-bond acceptors (Lipinski definition) is 4. The summed E-state index contributed by atoms with van der Waals surface area (Å²) < 4.78 is 1.16. The Labute approximate surface area is 152 Å². The summed E-state index contributed by atoms with van der Waals surface area (Å²) in [5.74, 6) is 0.0698. The fourth-order valence-electron chi connectivity index (χ4n) is 3.05. The molecule has 6 heteroatoms. The Balaban J connectivity index is 1.63. The van der Waals surface area contributed by atoms with Crippen molar-refractivity contribution in [2.24, 2.45) is 5.41 Å². The van der Waals surface area contributed by atoms with Crippen molar-refractivity contribution in [3.8, 4) is 0 Å². The van der Waals surface area contributed by atoms with Crippen molar-refractivity contribution in [2.45, 2.75) is 46.1 Å². The molecule has 1 saturated heterocycles. The van der Waals surface area contributed by atoms with Gasteiger partial charge in [0.25, 0.3) is 0 Å². The summed E-state index contributed by atoms with van der Waals surface area (Å²) >= 11 is 1.67. The minimum absolute atomic E-state index is 0.0237. The number of hydrogen-bond donors (Lipinski definition) is 1. The van der Waals surface area contributed by atoms with Crippen LogP contribution in [0.5, 0.6) is 0 Å². The summed E-state index contributed by atoms with van der Waals surface area (Å²) in [6, 6.07) is 8.15. The number of rotatable bonds is 4. The second-order valence-electron chi connectivity index (χ2n) is 7.52. The number of thiazole rings is 1. The van der Waals surface area contributed by atoms with Crippen LogP contribution in [0, 0.1) is 5.41 Å². The van der Waals surface area contributed by atoms with Gasteiger partial charge in [0.15, 0.2) is 0 Å². The fourth-order valence-corrected chi connectivity index (χ4v) is 4.16. The molecule has 1 aromatic carbocycles. The van der Waals surface area contributed by atoms with Gasteiger partial charge in [0, 0.05) is 24.9 Å². The van der Waals surface area contributed by atoms with Gasteiger partial charge in [0.05, 0.1) is 16.3 Å². The first-order valence-electron chi connectivity index (χ1n) is 8.79. The normalized spacial score (nSPS) is 17.9. The number of nitrogens with zero attached hydrogens (tertiary/aromatic N) is 2. The molecule has 0 aliphatic carbocycles. The van der Waals surface area contributed by atoms with Gasteiger partial charge >= 0.3 is 0 Å². The summed E-state index contributed by atoms with van der Waals surface area (Å²) in [6.45, 7) is 6.76. The van der Waals surface area contributed by atoms with Gasteiger partial charge in [-0.2, -0.15) is 0 Å². The number of likely N-dealkylation sites (tertiary alicyclic amines) is 1. The third-order valence-corrected chi connectivity index (χ3v) is 5.61. The molecule has 0 bridgehead atoms. The van der Waals surface area contributed by atoms with E-state index in [1.165, 1.54) is 0 Å². The van der Waals surface area contributed by atoms with E-state index < -0.39 is 5.41 Å². The lowest BCUT2D eigenvalue weighted by atomic mass is 9.96. The van der Waals surface area contributed by atoms with E-state index in [1.807, 2.05) is 43.9 Å². The highest BCUT2D eigenvalue weighted by atomic mass is 32.1. The zero-order valence-electron chi connectivity index (χ0n) is 15.0. The molecular weight excluding hydrogens is 334 g/mol. The number of carbonyl (C=O) groups is 2. The van der Waals surface area contributed by atoms with Crippen LogP contribution in [0.1, 0.15) is 51.1 Å². The van der Waals surface area contributed by atoms with E-state index in [0.29, 0.717) is 13.0 Å². The maximum atomic E-state index is 12.6. The summed E-state index contributed by atoms with van der Waals surface area (Å²) in [7, 11) is 0. The number of nitrogens with one attached hydrogen (secondary N) is 1. The SMILES string of the molecule is CC(C)(C)C(=O)NCCC(=O)N1CCCC1c1nc2ccccc2s1. The Morgan fingerprint density at radius 1 is 1.32 bits per heavy atom. The average Bonchev–Trinajstić information content (AvgIpc) is 3.19. The number of aromatic nitrogens is 1. The highest BCUT2D eigenvalue weighted by Gasteiger charge is 2.32. The van der Waals surface area contributed by atoms with Gasteiger partial charge < -0.3 is 10.2 Å². The molecule has 1 fully saturated rings. The van der Waals surface area contributed by atoms with Crippen LogP contribution in [0.4, 0.5) is 0 Å². The Kier molecular flexibility index (Phi) is 5.08. The van der Waals surface area contributed by atoms with Crippen LogP contribution in [-0.2, 0) is 9.59 Å². The number of para-hydroxylation sites is 1. The molecule has 2 aromatic rings. The maximum absolute atomic E-state index is 12.6. The van der Waals surface area contributed by atoms with Gasteiger partial charge in [-0.05, 0) is 25.0 Å². The van der Waals surface area contributed by atoms with Crippen LogP contribution in [-0.4, -0.2) is 34.8 Å². The molecule has 1 aromatic heterocycles. The molecule has 2 amide bonds. The second-order valence-corrected chi connectivity index (χ2v) is 8.58. The summed E-state index contributed by atoms with van der Waals surface area (Å²) in [5, 5.41) is 3.87. The standard InChI is InChI=1S/C19H25N3O2S/c1-19(2,3)18(24)20-11-10-16(23)22-12-6-8-14(22)17-21-13-7-4-5-9-15(13)25-17/h4-5,7,9,14H,6,8,10-12H2,1-3H3,(H,20,24). The lowest BCUT2D eigenvalue weighted by molar-refractivity contribution is -0.132. The van der Waals surface area contributed by atoms with Crippen molar-refractivity contribution in [1.29, 1.82) is 0 Å². The first-order valence-corrected chi connectivity index (χ1v) is 9.61. The zero-order chi connectivity index (χ0) is 18.0. The third-order valence-electron chi connectivity index (χ3n) is 4.47. The Hall–Kier alpha value is -1.95. The minimum Gasteiger partial charge on any atom is -0.355 e. The molecule has 0 spiro atoms. The summed E-state index contributed by atoms with van der Waals surface area (Å²) in [4.78, 5) is 31.2. The Bertz CT molecular complexity index is 745. The van der Waals surface area contributed by atoms with Gasteiger partial charge in [-0.15, -0.1) is 11.3 Å². The lowest BCUT2D eigenvalue weighted by Gasteiger charge is -2.24. The van der Waals surface area contributed by atoms with E-state index >= 15 is 0 Å². The summed E-state index contributed by atoms with van der Waals surface area (Å²) in [5.41, 5.74) is 0.569. The average molecular weight is 359 g/mol. The monoisotopic (exact) mass is 359 g/mol.